The maximum absolute atomic E-state index is 10.8. The molecule has 2 saturated carbocycles. The fourth-order valence-electron chi connectivity index (χ4n) is 3.86. The van der Waals surface area contributed by atoms with Crippen LogP contribution in [-0.2, 0) is 6.54 Å². The van der Waals surface area contributed by atoms with Gasteiger partial charge < -0.3 is 10.4 Å². The van der Waals surface area contributed by atoms with Crippen molar-refractivity contribution in [2.45, 2.75) is 44.3 Å². The Morgan fingerprint density at radius 1 is 1.33 bits per heavy atom. The molecule has 3 fully saturated rings. The Bertz CT molecular complexity index is 539. The summed E-state index contributed by atoms with van der Waals surface area (Å²) in [5, 5.41) is 12.5. The van der Waals surface area contributed by atoms with Gasteiger partial charge in [-0.25, -0.2) is 9.78 Å². The van der Waals surface area contributed by atoms with Crippen molar-refractivity contribution in [1.29, 1.82) is 0 Å². The van der Waals surface area contributed by atoms with Crippen LogP contribution in [0.5, 0.6) is 0 Å². The van der Waals surface area contributed by atoms with E-state index >= 15 is 0 Å². The molecule has 1 spiro atoms. The zero-order valence-electron chi connectivity index (χ0n) is 12.1. The summed E-state index contributed by atoms with van der Waals surface area (Å²) in [5.74, 6) is -0.965. The number of hydrogen-bond donors (Lipinski definition) is 2. The molecule has 5 heteroatoms. The number of likely N-dealkylation sites (tertiary alicyclic amines) is 1. The molecule has 112 valence electrons. The first-order chi connectivity index (χ1) is 10.1. The Hall–Kier alpha value is -1.46. The summed E-state index contributed by atoms with van der Waals surface area (Å²) in [4.78, 5) is 17.2. The van der Waals surface area contributed by atoms with Crippen molar-refractivity contribution in [3.05, 3.63) is 29.6 Å². The van der Waals surface area contributed by atoms with E-state index in [2.05, 4.69) is 15.2 Å². The van der Waals surface area contributed by atoms with Gasteiger partial charge in [0.05, 0.1) is 0 Å². The van der Waals surface area contributed by atoms with Crippen molar-refractivity contribution in [2.75, 3.05) is 13.1 Å². The van der Waals surface area contributed by atoms with Crippen molar-refractivity contribution in [1.82, 2.24) is 15.2 Å². The van der Waals surface area contributed by atoms with Gasteiger partial charge in [0.2, 0.25) is 0 Å². The molecule has 21 heavy (non-hydrogen) atoms. The van der Waals surface area contributed by atoms with Crippen LogP contribution < -0.4 is 5.32 Å². The van der Waals surface area contributed by atoms with E-state index in [0.717, 1.165) is 24.2 Å². The average molecular weight is 287 g/mol. The van der Waals surface area contributed by atoms with Gasteiger partial charge in [0, 0.05) is 37.9 Å². The molecule has 0 atom stereocenters. The molecule has 3 aliphatic rings. The highest BCUT2D eigenvalue weighted by Crippen LogP contribution is 2.49. The van der Waals surface area contributed by atoms with Gasteiger partial charge in [0.15, 0.2) is 0 Å². The monoisotopic (exact) mass is 287 g/mol. The lowest BCUT2D eigenvalue weighted by molar-refractivity contribution is -0.0832. The van der Waals surface area contributed by atoms with Gasteiger partial charge in [0.25, 0.3) is 0 Å². The summed E-state index contributed by atoms with van der Waals surface area (Å²) in [7, 11) is 0. The van der Waals surface area contributed by atoms with Crippen LogP contribution in [0.15, 0.2) is 18.3 Å². The molecule has 1 aromatic heterocycles. The number of carboxylic acids is 1. The normalized spacial score (nSPS) is 24.6. The van der Waals surface area contributed by atoms with Crippen LogP contribution in [0.2, 0.25) is 0 Å². The van der Waals surface area contributed by atoms with Crippen LogP contribution in [-0.4, -0.2) is 46.1 Å². The molecule has 1 aliphatic heterocycles. The number of carboxylic acid groups (broad SMARTS) is 1. The molecule has 2 aliphatic carbocycles. The number of pyridine rings is 1. The summed E-state index contributed by atoms with van der Waals surface area (Å²) in [5.41, 5.74) is 1.79. The van der Waals surface area contributed by atoms with E-state index < -0.39 is 5.97 Å². The van der Waals surface area contributed by atoms with E-state index in [1.54, 1.807) is 12.3 Å². The predicted molar refractivity (Wildman–Crippen MR) is 78.1 cm³/mol. The van der Waals surface area contributed by atoms with Gasteiger partial charge in [-0.2, -0.15) is 0 Å². The van der Waals surface area contributed by atoms with Crippen LogP contribution in [0.25, 0.3) is 0 Å². The lowest BCUT2D eigenvalue weighted by Crippen LogP contribution is -2.65. The molecule has 0 bridgehead atoms. The first-order valence-electron chi connectivity index (χ1n) is 7.79. The number of rotatable bonds is 5. The quantitative estimate of drug-likeness (QED) is 0.859. The summed E-state index contributed by atoms with van der Waals surface area (Å²) in [6.07, 6.45) is 7.09. The summed E-state index contributed by atoms with van der Waals surface area (Å²) < 4.78 is 0. The Kier molecular flexibility index (Phi) is 3.01. The largest absolute Gasteiger partial charge is 0.477 e. The summed E-state index contributed by atoms with van der Waals surface area (Å²) >= 11 is 0. The minimum Gasteiger partial charge on any atom is -0.477 e. The molecular weight excluding hydrogens is 266 g/mol. The Morgan fingerprint density at radius 2 is 2.10 bits per heavy atom. The number of hydrogen-bond acceptors (Lipinski definition) is 4. The van der Waals surface area contributed by atoms with Gasteiger partial charge in [-0.3, -0.25) is 4.90 Å². The van der Waals surface area contributed by atoms with Crippen LogP contribution in [0.4, 0.5) is 0 Å². The number of aromatic carboxylic acids is 1. The van der Waals surface area contributed by atoms with Crippen molar-refractivity contribution in [3.8, 4) is 0 Å². The second-order valence-corrected chi connectivity index (χ2v) is 7.05. The first-order valence-corrected chi connectivity index (χ1v) is 7.79. The van der Waals surface area contributed by atoms with Gasteiger partial charge in [-0.15, -0.1) is 0 Å². The van der Waals surface area contributed by atoms with Crippen molar-refractivity contribution < 1.29 is 9.90 Å². The van der Waals surface area contributed by atoms with Gasteiger partial charge in [0.1, 0.15) is 5.69 Å². The van der Waals surface area contributed by atoms with E-state index in [1.807, 2.05) is 6.07 Å². The maximum Gasteiger partial charge on any atom is 0.354 e. The average Bonchev–Trinajstić information content (AvgIpc) is 3.18. The molecule has 1 saturated heterocycles. The smallest absolute Gasteiger partial charge is 0.354 e. The zero-order valence-corrected chi connectivity index (χ0v) is 12.1. The Morgan fingerprint density at radius 3 is 2.67 bits per heavy atom. The highest BCUT2D eigenvalue weighted by atomic mass is 16.4. The van der Waals surface area contributed by atoms with Crippen molar-refractivity contribution in [2.24, 2.45) is 5.41 Å². The van der Waals surface area contributed by atoms with Crippen LogP contribution in [0.1, 0.15) is 41.7 Å². The summed E-state index contributed by atoms with van der Waals surface area (Å²) in [6, 6.07) is 5.05. The van der Waals surface area contributed by atoms with Crippen LogP contribution >= 0.6 is 0 Å². The molecule has 2 heterocycles. The topological polar surface area (TPSA) is 65.5 Å². The first kappa shape index (κ1) is 13.2. The van der Waals surface area contributed by atoms with Crippen molar-refractivity contribution >= 4 is 5.97 Å². The highest BCUT2D eigenvalue weighted by Gasteiger charge is 2.52. The number of aromatic nitrogens is 1. The standard InChI is InChI=1S/C16H21N3O2/c20-15(21)14-4-1-11(7-17-14)8-19-9-16(10-19)5-13(6-16)18-12-2-3-12/h1,4,7,12-13,18H,2-3,5-6,8-10H2,(H,20,21). The van der Waals surface area contributed by atoms with Crippen molar-refractivity contribution in [3.63, 3.8) is 0 Å². The predicted octanol–water partition coefficient (Wildman–Crippen LogP) is 1.50. The SMILES string of the molecule is O=C(O)c1ccc(CN2CC3(CC(NC4CC4)C3)C2)cn1. The highest BCUT2D eigenvalue weighted by molar-refractivity contribution is 5.85. The van der Waals surface area contributed by atoms with E-state index in [9.17, 15) is 4.79 Å². The minimum atomic E-state index is -0.965. The lowest BCUT2D eigenvalue weighted by atomic mass is 9.60. The van der Waals surface area contributed by atoms with Crippen LogP contribution in [0.3, 0.4) is 0 Å². The van der Waals surface area contributed by atoms with E-state index in [1.165, 1.54) is 38.8 Å². The van der Waals surface area contributed by atoms with E-state index in [0.29, 0.717) is 5.41 Å². The third kappa shape index (κ3) is 2.68. The summed E-state index contributed by atoms with van der Waals surface area (Å²) in [6.45, 7) is 3.24. The fourth-order valence-corrected chi connectivity index (χ4v) is 3.86. The maximum atomic E-state index is 10.8. The number of carbonyl (C=O) groups is 1. The van der Waals surface area contributed by atoms with Gasteiger partial charge >= 0.3 is 5.97 Å². The minimum absolute atomic E-state index is 0.117. The third-order valence-corrected chi connectivity index (χ3v) is 4.98. The second-order valence-electron chi connectivity index (χ2n) is 7.05. The van der Waals surface area contributed by atoms with Gasteiger partial charge in [-0.05, 0) is 42.7 Å². The molecule has 4 rings (SSSR count). The number of nitrogens with zero attached hydrogens (tertiary/aromatic N) is 2. The Balaban J connectivity index is 1.24. The van der Waals surface area contributed by atoms with Crippen LogP contribution in [0, 0.1) is 5.41 Å². The van der Waals surface area contributed by atoms with E-state index in [4.69, 9.17) is 5.11 Å². The molecular formula is C16H21N3O2. The molecule has 0 unspecified atom stereocenters. The number of nitrogens with one attached hydrogen (secondary N) is 1. The fraction of sp³-hybridized carbons (Fsp3) is 0.625. The molecule has 5 nitrogen and oxygen atoms in total. The van der Waals surface area contributed by atoms with Gasteiger partial charge in [-0.1, -0.05) is 6.07 Å². The molecule has 1 aromatic rings. The van der Waals surface area contributed by atoms with E-state index in [-0.39, 0.29) is 5.69 Å². The Labute approximate surface area is 124 Å². The lowest BCUT2D eigenvalue weighted by Gasteiger charge is -2.59. The molecule has 2 N–H and O–H groups in total. The third-order valence-electron chi connectivity index (χ3n) is 4.98. The molecule has 0 aromatic carbocycles. The molecule has 0 amide bonds. The zero-order chi connectivity index (χ0) is 14.4. The molecule has 0 radical (unpaired) electrons. The second kappa shape index (κ2) is 4.78.